The number of para-hydroxylation sites is 3. The Hall–Kier alpha value is -3.68. The molecule has 1 aliphatic rings. The lowest BCUT2D eigenvalue weighted by Crippen LogP contribution is -2.40. The van der Waals surface area contributed by atoms with E-state index in [4.69, 9.17) is 0 Å². The molecule has 0 aliphatic carbocycles. The molecule has 2 aromatic carbocycles. The van der Waals surface area contributed by atoms with Crippen LogP contribution < -0.4 is 11.2 Å². The van der Waals surface area contributed by atoms with Crippen molar-refractivity contribution in [2.24, 2.45) is 7.05 Å². The molecule has 1 amide bonds. The highest BCUT2D eigenvalue weighted by Gasteiger charge is 2.26. The molecule has 8 nitrogen and oxygen atoms in total. The molecule has 32 heavy (non-hydrogen) atoms. The number of imidazole rings is 1. The molecule has 1 fully saturated rings. The van der Waals surface area contributed by atoms with E-state index in [1.54, 1.807) is 13.1 Å². The van der Waals surface area contributed by atoms with Crippen LogP contribution in [0.25, 0.3) is 21.9 Å². The number of piperidine rings is 1. The predicted octanol–water partition coefficient (Wildman–Crippen LogP) is 2.37. The summed E-state index contributed by atoms with van der Waals surface area (Å²) in [5.74, 6) is 0.666. The standard InChI is InChI=1S/C24H25N5O3/c1-27-21(25-18-7-3-2-6-17(18)23(27)31)10-11-22(30)28-14-12-16(13-15-28)29-20-9-5-4-8-19(20)26-24(29)32/h2-9,16H,10-15H2,1H3,(H,26,32). The average molecular weight is 431 g/mol. The van der Waals surface area contributed by atoms with E-state index >= 15 is 0 Å². The molecule has 0 radical (unpaired) electrons. The van der Waals surface area contributed by atoms with Crippen LogP contribution in [-0.4, -0.2) is 43.0 Å². The Bertz CT molecular complexity index is 1420. The molecule has 1 aliphatic heterocycles. The molecule has 3 heterocycles. The third-order valence-electron chi connectivity index (χ3n) is 6.44. The van der Waals surface area contributed by atoms with Gasteiger partial charge in [-0.05, 0) is 37.1 Å². The minimum absolute atomic E-state index is 0.0529. The highest BCUT2D eigenvalue weighted by Crippen LogP contribution is 2.25. The fraction of sp³-hybridized carbons (Fsp3) is 0.333. The molecule has 2 aromatic heterocycles. The number of hydrogen-bond acceptors (Lipinski definition) is 4. The Labute approximate surface area is 184 Å². The molecule has 164 valence electrons. The summed E-state index contributed by atoms with van der Waals surface area (Å²) < 4.78 is 3.36. The van der Waals surface area contributed by atoms with Crippen molar-refractivity contribution in [1.29, 1.82) is 0 Å². The van der Waals surface area contributed by atoms with Gasteiger partial charge in [0.1, 0.15) is 5.82 Å². The third kappa shape index (κ3) is 3.51. The largest absolute Gasteiger partial charge is 0.343 e. The monoisotopic (exact) mass is 431 g/mol. The Kier molecular flexibility index (Phi) is 5.13. The van der Waals surface area contributed by atoms with E-state index in [1.165, 1.54) is 4.57 Å². The van der Waals surface area contributed by atoms with Crippen LogP contribution >= 0.6 is 0 Å². The summed E-state index contributed by atoms with van der Waals surface area (Å²) in [5, 5.41) is 0.583. The van der Waals surface area contributed by atoms with E-state index in [2.05, 4.69) is 9.97 Å². The number of nitrogens with zero attached hydrogens (tertiary/aromatic N) is 4. The quantitative estimate of drug-likeness (QED) is 0.537. The van der Waals surface area contributed by atoms with Crippen LogP contribution in [0, 0.1) is 0 Å². The molecule has 5 rings (SSSR count). The van der Waals surface area contributed by atoms with Gasteiger partial charge < -0.3 is 9.88 Å². The SMILES string of the molecule is Cn1c(CCC(=O)N2CCC(n3c(=O)[nH]c4ccccc43)CC2)nc2ccccc2c1=O. The van der Waals surface area contributed by atoms with Crippen molar-refractivity contribution in [3.05, 3.63) is 75.2 Å². The number of H-pyrrole nitrogens is 1. The van der Waals surface area contributed by atoms with Gasteiger partial charge in [0.2, 0.25) is 5.91 Å². The summed E-state index contributed by atoms with van der Waals surface area (Å²) in [6, 6.07) is 15.0. The van der Waals surface area contributed by atoms with Crippen molar-refractivity contribution in [2.75, 3.05) is 13.1 Å². The van der Waals surface area contributed by atoms with E-state index < -0.39 is 0 Å². The van der Waals surface area contributed by atoms with Gasteiger partial charge in [-0.1, -0.05) is 24.3 Å². The number of amides is 1. The second kappa shape index (κ2) is 8.11. The molecule has 0 saturated carbocycles. The van der Waals surface area contributed by atoms with E-state index in [1.807, 2.05) is 51.9 Å². The maximum Gasteiger partial charge on any atom is 0.326 e. The number of aromatic amines is 1. The number of rotatable bonds is 4. The second-order valence-electron chi connectivity index (χ2n) is 8.34. The number of aromatic nitrogens is 4. The van der Waals surface area contributed by atoms with Crippen molar-refractivity contribution < 1.29 is 4.79 Å². The van der Waals surface area contributed by atoms with Crippen LogP contribution in [-0.2, 0) is 18.3 Å². The van der Waals surface area contributed by atoms with Crippen molar-refractivity contribution in [2.45, 2.75) is 31.7 Å². The molecular formula is C24H25N5O3. The Morgan fingerprint density at radius 3 is 2.59 bits per heavy atom. The molecule has 8 heteroatoms. The number of hydrogen-bond donors (Lipinski definition) is 1. The van der Waals surface area contributed by atoms with Crippen LogP contribution in [0.15, 0.2) is 58.1 Å². The molecule has 0 unspecified atom stereocenters. The van der Waals surface area contributed by atoms with Gasteiger partial charge >= 0.3 is 5.69 Å². The summed E-state index contributed by atoms with van der Waals surface area (Å²) in [7, 11) is 1.70. The maximum absolute atomic E-state index is 12.8. The second-order valence-corrected chi connectivity index (χ2v) is 8.34. The number of carbonyl (C=O) groups excluding carboxylic acids is 1. The number of benzene rings is 2. The highest BCUT2D eigenvalue weighted by atomic mass is 16.2. The first-order valence-corrected chi connectivity index (χ1v) is 10.9. The highest BCUT2D eigenvalue weighted by molar-refractivity contribution is 5.78. The van der Waals surface area contributed by atoms with Crippen LogP contribution in [0.4, 0.5) is 0 Å². The van der Waals surface area contributed by atoms with Crippen LogP contribution in [0.5, 0.6) is 0 Å². The summed E-state index contributed by atoms with van der Waals surface area (Å²) in [5.41, 5.74) is 2.21. The summed E-state index contributed by atoms with van der Waals surface area (Å²) in [6.07, 6.45) is 2.19. The predicted molar refractivity (Wildman–Crippen MR) is 123 cm³/mol. The van der Waals surface area contributed by atoms with Crippen molar-refractivity contribution in [3.63, 3.8) is 0 Å². The van der Waals surface area contributed by atoms with E-state index in [9.17, 15) is 14.4 Å². The van der Waals surface area contributed by atoms with Gasteiger partial charge in [-0.15, -0.1) is 0 Å². The molecule has 0 bridgehead atoms. The van der Waals surface area contributed by atoms with Gasteiger partial charge in [0.15, 0.2) is 0 Å². The Balaban J connectivity index is 1.25. The smallest absolute Gasteiger partial charge is 0.326 e. The number of carbonyl (C=O) groups is 1. The van der Waals surface area contributed by atoms with Gasteiger partial charge in [-0.3, -0.25) is 18.7 Å². The van der Waals surface area contributed by atoms with Gasteiger partial charge in [0, 0.05) is 39.0 Å². The van der Waals surface area contributed by atoms with Crippen LogP contribution in [0.2, 0.25) is 0 Å². The summed E-state index contributed by atoms with van der Waals surface area (Å²) in [4.78, 5) is 47.2. The molecule has 1 N–H and O–H groups in total. The lowest BCUT2D eigenvalue weighted by atomic mass is 10.0. The van der Waals surface area contributed by atoms with Gasteiger partial charge in [0.05, 0.1) is 21.9 Å². The first-order valence-electron chi connectivity index (χ1n) is 10.9. The van der Waals surface area contributed by atoms with Crippen molar-refractivity contribution >= 4 is 27.8 Å². The van der Waals surface area contributed by atoms with Crippen molar-refractivity contribution in [3.8, 4) is 0 Å². The minimum atomic E-state index is -0.0979. The normalized spacial score (nSPS) is 15.0. The molecule has 0 atom stereocenters. The van der Waals surface area contributed by atoms with Crippen LogP contribution in [0.3, 0.4) is 0 Å². The minimum Gasteiger partial charge on any atom is -0.343 e. The van der Waals surface area contributed by atoms with Gasteiger partial charge in [-0.25, -0.2) is 9.78 Å². The number of aryl methyl sites for hydroxylation is 1. The number of nitrogens with one attached hydrogen (secondary N) is 1. The Morgan fingerprint density at radius 1 is 1.06 bits per heavy atom. The first-order chi connectivity index (χ1) is 15.5. The topological polar surface area (TPSA) is 93.0 Å². The number of likely N-dealkylation sites (tertiary alicyclic amines) is 1. The summed E-state index contributed by atoms with van der Waals surface area (Å²) >= 11 is 0. The zero-order valence-corrected chi connectivity index (χ0v) is 18.0. The van der Waals surface area contributed by atoms with Gasteiger partial charge in [-0.2, -0.15) is 0 Å². The van der Waals surface area contributed by atoms with Crippen molar-refractivity contribution in [1.82, 2.24) is 24.0 Å². The van der Waals surface area contributed by atoms with E-state index in [0.29, 0.717) is 42.7 Å². The van der Waals surface area contributed by atoms with E-state index in [-0.39, 0.29) is 23.2 Å². The fourth-order valence-electron chi connectivity index (χ4n) is 4.67. The number of fused-ring (bicyclic) bond motifs is 2. The maximum atomic E-state index is 12.8. The third-order valence-corrected chi connectivity index (χ3v) is 6.44. The molecule has 4 aromatic rings. The molecule has 0 spiro atoms. The first kappa shape index (κ1) is 20.2. The van der Waals surface area contributed by atoms with Crippen LogP contribution in [0.1, 0.15) is 31.1 Å². The average Bonchev–Trinajstić information content (AvgIpc) is 3.16. The van der Waals surface area contributed by atoms with E-state index in [0.717, 1.165) is 23.9 Å². The lowest BCUT2D eigenvalue weighted by Gasteiger charge is -2.32. The summed E-state index contributed by atoms with van der Waals surface area (Å²) in [6.45, 7) is 1.22. The lowest BCUT2D eigenvalue weighted by molar-refractivity contribution is -0.132. The zero-order valence-electron chi connectivity index (χ0n) is 18.0. The fourth-order valence-corrected chi connectivity index (χ4v) is 4.67. The Morgan fingerprint density at radius 2 is 1.78 bits per heavy atom. The zero-order chi connectivity index (χ0) is 22.2. The molecule has 1 saturated heterocycles. The van der Waals surface area contributed by atoms with Gasteiger partial charge in [0.25, 0.3) is 5.56 Å². The molecular weight excluding hydrogens is 406 g/mol.